The van der Waals surface area contributed by atoms with E-state index >= 15 is 4.39 Å². The maximum Gasteiger partial charge on any atom is 0.250 e. The zero-order chi connectivity index (χ0) is 23.0. The van der Waals surface area contributed by atoms with Crippen molar-refractivity contribution in [1.29, 1.82) is 0 Å². The van der Waals surface area contributed by atoms with Crippen LogP contribution in [0.25, 0.3) is 0 Å². The number of nitrogens with two attached hydrogens (primary N) is 1. The van der Waals surface area contributed by atoms with Crippen LogP contribution in [-0.2, 0) is 10.3 Å². The van der Waals surface area contributed by atoms with E-state index in [1.165, 1.54) is 18.2 Å². The Kier molecular flexibility index (Phi) is 6.80. The highest BCUT2D eigenvalue weighted by atomic mass is 35.5. The molecule has 1 aromatic carbocycles. The van der Waals surface area contributed by atoms with Crippen LogP contribution in [0.5, 0.6) is 0 Å². The number of aliphatic hydroxyl groups excluding tert-OH is 1. The molecule has 4 N–H and O–H groups in total. The third-order valence-corrected chi connectivity index (χ3v) is 7.43. The molecule has 2 heterocycles. The lowest BCUT2D eigenvalue weighted by Gasteiger charge is -2.40. The third kappa shape index (κ3) is 3.82. The molecule has 1 aromatic rings. The topological polar surface area (TPSA) is 78.6 Å². The quantitative estimate of drug-likeness (QED) is 0.526. The van der Waals surface area contributed by atoms with Crippen LogP contribution in [0.1, 0.15) is 31.2 Å². The fourth-order valence-electron chi connectivity index (χ4n) is 5.74. The number of nitrogens with zero attached hydrogens (tertiary/aromatic N) is 1. The van der Waals surface area contributed by atoms with Gasteiger partial charge in [0, 0.05) is 39.9 Å². The second kappa shape index (κ2) is 9.27. The minimum Gasteiger partial charge on any atom is -0.395 e. The molecule has 8 heteroatoms. The van der Waals surface area contributed by atoms with E-state index in [1.807, 2.05) is 4.90 Å². The zero-order valence-electron chi connectivity index (χ0n) is 17.7. The number of carbonyl (C=O) groups is 1. The van der Waals surface area contributed by atoms with Gasteiger partial charge in [-0.2, -0.15) is 0 Å². The van der Waals surface area contributed by atoms with Crippen molar-refractivity contribution in [3.8, 4) is 0 Å². The predicted molar refractivity (Wildman–Crippen MR) is 126 cm³/mol. The molecule has 1 saturated heterocycles. The first-order chi connectivity index (χ1) is 15.3. The van der Waals surface area contributed by atoms with Crippen molar-refractivity contribution in [3.63, 3.8) is 0 Å². The van der Waals surface area contributed by atoms with Gasteiger partial charge < -0.3 is 16.2 Å². The molecule has 172 valence electrons. The SMILES string of the molecule is C=C(Cl)/C=C\C=C(/F)[C@H]1[C@H](N)[C@H](CO)N(CC2CCCC2)[C@@]12C(=O)Nc1cc(Cl)ccc12. The number of amides is 1. The van der Waals surface area contributed by atoms with Crippen molar-refractivity contribution < 1.29 is 14.3 Å². The highest BCUT2D eigenvalue weighted by Crippen LogP contribution is 2.55. The minimum absolute atomic E-state index is 0.258. The molecule has 0 aromatic heterocycles. The Morgan fingerprint density at radius 2 is 2.12 bits per heavy atom. The Bertz CT molecular complexity index is 976. The van der Waals surface area contributed by atoms with Crippen molar-refractivity contribution in [2.45, 2.75) is 43.3 Å². The molecule has 0 unspecified atom stereocenters. The van der Waals surface area contributed by atoms with E-state index in [0.717, 1.165) is 25.7 Å². The summed E-state index contributed by atoms with van der Waals surface area (Å²) in [5, 5.41) is 13.9. The van der Waals surface area contributed by atoms with Crippen LogP contribution < -0.4 is 11.1 Å². The number of hydrogen-bond acceptors (Lipinski definition) is 4. The Hall–Kier alpha value is -1.70. The Labute approximate surface area is 197 Å². The first-order valence-corrected chi connectivity index (χ1v) is 11.7. The summed E-state index contributed by atoms with van der Waals surface area (Å²) in [6.07, 6.45) is 8.53. The molecule has 1 spiro atoms. The molecule has 4 rings (SSSR count). The van der Waals surface area contributed by atoms with Crippen molar-refractivity contribution in [1.82, 2.24) is 4.90 Å². The largest absolute Gasteiger partial charge is 0.395 e. The number of carbonyl (C=O) groups excluding carboxylic acids is 1. The Morgan fingerprint density at radius 1 is 1.41 bits per heavy atom. The van der Waals surface area contributed by atoms with E-state index in [4.69, 9.17) is 28.9 Å². The number of halogens is 3. The molecule has 1 saturated carbocycles. The molecule has 2 fully saturated rings. The van der Waals surface area contributed by atoms with E-state index in [9.17, 15) is 9.90 Å². The Morgan fingerprint density at radius 3 is 2.78 bits per heavy atom. The maximum absolute atomic E-state index is 15.8. The van der Waals surface area contributed by atoms with Crippen LogP contribution in [0.2, 0.25) is 5.02 Å². The summed E-state index contributed by atoms with van der Waals surface area (Å²) in [4.78, 5) is 15.6. The standard InChI is InChI=1S/C24H28Cl2FN3O2/c1-14(25)5-4-8-18(27)21-22(28)20(13-31)30(12-15-6-2-3-7-15)24(21)17-10-9-16(26)11-19(17)29-23(24)32/h4-5,8-11,15,20-22,31H,1-3,6-7,12-13,28H2,(H,29,32)/b5-4-,18-8-/t20-,21-,22+,24+/m0/s1. The lowest BCUT2D eigenvalue weighted by Crippen LogP contribution is -2.54. The summed E-state index contributed by atoms with van der Waals surface area (Å²) in [6.45, 7) is 3.85. The summed E-state index contributed by atoms with van der Waals surface area (Å²) in [7, 11) is 0. The van der Waals surface area contributed by atoms with Crippen LogP contribution >= 0.6 is 23.2 Å². The molecule has 0 bridgehead atoms. The molecule has 32 heavy (non-hydrogen) atoms. The van der Waals surface area contributed by atoms with Gasteiger partial charge in [-0.1, -0.05) is 54.8 Å². The number of likely N-dealkylation sites (tertiary alicyclic amines) is 1. The molecule has 3 aliphatic rings. The normalized spacial score (nSPS) is 31.1. The van der Waals surface area contributed by atoms with Crippen LogP contribution in [-0.4, -0.2) is 41.1 Å². The molecule has 0 radical (unpaired) electrons. The van der Waals surface area contributed by atoms with Crippen molar-refractivity contribution in [3.05, 3.63) is 64.5 Å². The zero-order valence-corrected chi connectivity index (χ0v) is 19.2. The number of allylic oxidation sites excluding steroid dienone is 4. The smallest absolute Gasteiger partial charge is 0.250 e. The second-order valence-corrected chi connectivity index (χ2v) is 9.80. The van der Waals surface area contributed by atoms with Gasteiger partial charge in [0.1, 0.15) is 11.4 Å². The lowest BCUT2D eigenvalue weighted by atomic mass is 9.76. The highest BCUT2D eigenvalue weighted by molar-refractivity contribution is 6.31. The minimum atomic E-state index is -1.37. The monoisotopic (exact) mass is 479 g/mol. The van der Waals surface area contributed by atoms with Crippen LogP contribution in [0.3, 0.4) is 0 Å². The van der Waals surface area contributed by atoms with Crippen LogP contribution in [0.4, 0.5) is 10.1 Å². The Balaban J connectivity index is 1.88. The van der Waals surface area contributed by atoms with E-state index < -0.39 is 29.4 Å². The predicted octanol–water partition coefficient (Wildman–Crippen LogP) is 4.46. The molecule has 4 atom stereocenters. The van der Waals surface area contributed by atoms with Crippen molar-refractivity contribution >= 4 is 34.8 Å². The fraction of sp³-hybridized carbons (Fsp3) is 0.458. The third-order valence-electron chi connectivity index (χ3n) is 7.07. The lowest BCUT2D eigenvalue weighted by molar-refractivity contribution is -0.129. The van der Waals surface area contributed by atoms with Gasteiger partial charge in [0.05, 0.1) is 12.5 Å². The first kappa shape index (κ1) is 23.5. The number of aliphatic hydroxyl groups is 1. The number of rotatable bonds is 6. The maximum atomic E-state index is 15.8. The number of fused-ring (bicyclic) bond motifs is 2. The van der Waals surface area contributed by atoms with Gasteiger partial charge in [0.2, 0.25) is 5.91 Å². The molecule has 1 amide bonds. The van der Waals surface area contributed by atoms with Gasteiger partial charge in [0.15, 0.2) is 0 Å². The van der Waals surface area contributed by atoms with Gasteiger partial charge >= 0.3 is 0 Å². The number of hydrogen-bond donors (Lipinski definition) is 3. The summed E-state index contributed by atoms with van der Waals surface area (Å²) in [5.74, 6) is -1.52. The van der Waals surface area contributed by atoms with Gasteiger partial charge in [-0.25, -0.2) is 4.39 Å². The molecule has 5 nitrogen and oxygen atoms in total. The van der Waals surface area contributed by atoms with E-state index in [2.05, 4.69) is 11.9 Å². The average Bonchev–Trinajstić information content (AvgIpc) is 3.39. The van der Waals surface area contributed by atoms with Crippen LogP contribution in [0, 0.1) is 11.8 Å². The molecular weight excluding hydrogens is 452 g/mol. The summed E-state index contributed by atoms with van der Waals surface area (Å²) in [5.41, 5.74) is 6.39. The molecular formula is C24H28Cl2FN3O2. The van der Waals surface area contributed by atoms with Gasteiger partial charge in [-0.05, 0) is 43.0 Å². The van der Waals surface area contributed by atoms with E-state index in [-0.39, 0.29) is 17.5 Å². The average molecular weight is 480 g/mol. The number of benzene rings is 1. The summed E-state index contributed by atoms with van der Waals surface area (Å²) in [6, 6.07) is 3.77. The number of anilines is 1. The molecule has 1 aliphatic carbocycles. The second-order valence-electron chi connectivity index (χ2n) is 8.88. The fourth-order valence-corrected chi connectivity index (χ4v) is 5.98. The summed E-state index contributed by atoms with van der Waals surface area (Å²) < 4.78 is 15.8. The van der Waals surface area contributed by atoms with Crippen LogP contribution in [0.15, 0.2) is 53.9 Å². The van der Waals surface area contributed by atoms with E-state index in [1.54, 1.807) is 18.2 Å². The van der Waals surface area contributed by atoms with Gasteiger partial charge in [-0.15, -0.1) is 0 Å². The van der Waals surface area contributed by atoms with E-state index in [0.29, 0.717) is 28.7 Å². The summed E-state index contributed by atoms with van der Waals surface area (Å²) >= 11 is 11.9. The molecule has 2 aliphatic heterocycles. The van der Waals surface area contributed by atoms with Crippen molar-refractivity contribution in [2.24, 2.45) is 17.6 Å². The number of nitrogens with one attached hydrogen (secondary N) is 1. The highest BCUT2D eigenvalue weighted by Gasteiger charge is 2.66. The first-order valence-electron chi connectivity index (χ1n) is 10.9. The van der Waals surface area contributed by atoms with Gasteiger partial charge in [0.25, 0.3) is 0 Å². The van der Waals surface area contributed by atoms with Gasteiger partial charge in [-0.3, -0.25) is 9.69 Å². The van der Waals surface area contributed by atoms with Crippen molar-refractivity contribution in [2.75, 3.05) is 18.5 Å².